The topological polar surface area (TPSA) is 29.5 Å². The van der Waals surface area contributed by atoms with Crippen LogP contribution in [0.15, 0.2) is 24.3 Å². The van der Waals surface area contributed by atoms with Gasteiger partial charge in [-0.2, -0.15) is 0 Å². The third kappa shape index (κ3) is 6.65. The van der Waals surface area contributed by atoms with E-state index in [2.05, 4.69) is 27.7 Å². The maximum absolute atomic E-state index is 12.5. The monoisotopic (exact) mass is 291 g/mol. The molecule has 21 heavy (non-hydrogen) atoms. The molecule has 0 N–H and O–H groups in total. The highest BCUT2D eigenvalue weighted by Gasteiger charge is 2.21. The standard InChI is InChI=1S/C18H29NO2/c1-6-7-11-19(17(20)13-18(2,3)4)14-15-9-8-10-16(12-15)21-5/h8-10,12H,6-7,11,13-14H2,1-5H3. The lowest BCUT2D eigenvalue weighted by Crippen LogP contribution is -2.34. The Balaban J connectivity index is 2.79. The zero-order chi connectivity index (χ0) is 15.9. The third-order valence-electron chi connectivity index (χ3n) is 3.32. The Morgan fingerprint density at radius 2 is 2.00 bits per heavy atom. The molecule has 0 saturated carbocycles. The predicted octanol–water partition coefficient (Wildman–Crippen LogP) is 4.26. The van der Waals surface area contributed by atoms with Gasteiger partial charge in [-0.05, 0) is 29.5 Å². The van der Waals surface area contributed by atoms with Crippen LogP contribution >= 0.6 is 0 Å². The first-order valence-corrected chi connectivity index (χ1v) is 7.76. The van der Waals surface area contributed by atoms with E-state index in [-0.39, 0.29) is 11.3 Å². The summed E-state index contributed by atoms with van der Waals surface area (Å²) in [7, 11) is 1.67. The molecule has 0 spiro atoms. The van der Waals surface area contributed by atoms with Gasteiger partial charge in [-0.25, -0.2) is 0 Å². The van der Waals surface area contributed by atoms with E-state index in [0.29, 0.717) is 13.0 Å². The lowest BCUT2D eigenvalue weighted by atomic mass is 9.91. The molecule has 1 aromatic carbocycles. The Kier molecular flexibility index (Phi) is 6.73. The predicted molar refractivity (Wildman–Crippen MR) is 87.4 cm³/mol. The lowest BCUT2D eigenvalue weighted by molar-refractivity contribution is -0.133. The first-order chi connectivity index (χ1) is 9.85. The maximum Gasteiger partial charge on any atom is 0.223 e. The van der Waals surface area contributed by atoms with E-state index in [9.17, 15) is 4.79 Å². The summed E-state index contributed by atoms with van der Waals surface area (Å²) in [6.07, 6.45) is 2.72. The van der Waals surface area contributed by atoms with Crippen molar-refractivity contribution in [3.63, 3.8) is 0 Å². The SMILES string of the molecule is CCCCN(Cc1cccc(OC)c1)C(=O)CC(C)(C)C. The quantitative estimate of drug-likeness (QED) is 0.751. The molecule has 0 aliphatic heterocycles. The van der Waals surface area contributed by atoms with Crippen molar-refractivity contribution in [2.75, 3.05) is 13.7 Å². The van der Waals surface area contributed by atoms with Gasteiger partial charge in [0.25, 0.3) is 0 Å². The number of unbranched alkanes of at least 4 members (excludes halogenated alkanes) is 1. The van der Waals surface area contributed by atoms with Crippen LogP contribution < -0.4 is 4.74 Å². The van der Waals surface area contributed by atoms with Gasteiger partial charge < -0.3 is 9.64 Å². The molecule has 1 rings (SSSR count). The highest BCUT2D eigenvalue weighted by molar-refractivity contribution is 5.76. The van der Waals surface area contributed by atoms with Gasteiger partial charge in [0.15, 0.2) is 0 Å². The Hall–Kier alpha value is -1.51. The van der Waals surface area contributed by atoms with Gasteiger partial charge in [0.05, 0.1) is 7.11 Å². The van der Waals surface area contributed by atoms with Crippen molar-refractivity contribution in [2.24, 2.45) is 5.41 Å². The molecule has 3 heteroatoms. The number of benzene rings is 1. The summed E-state index contributed by atoms with van der Waals surface area (Å²) in [6.45, 7) is 9.95. The zero-order valence-electron chi connectivity index (χ0n) is 14.1. The van der Waals surface area contributed by atoms with Crippen LogP contribution in [0.25, 0.3) is 0 Å². The van der Waals surface area contributed by atoms with E-state index in [1.54, 1.807) is 7.11 Å². The molecular formula is C18H29NO2. The van der Waals surface area contributed by atoms with Crippen LogP contribution in [0.5, 0.6) is 5.75 Å². The first kappa shape index (κ1) is 17.5. The molecule has 0 aliphatic rings. The fourth-order valence-electron chi connectivity index (χ4n) is 2.20. The second-order valence-electron chi connectivity index (χ2n) is 6.76. The van der Waals surface area contributed by atoms with Gasteiger partial charge in [-0.3, -0.25) is 4.79 Å². The van der Waals surface area contributed by atoms with Crippen molar-refractivity contribution in [3.05, 3.63) is 29.8 Å². The van der Waals surface area contributed by atoms with Crippen LogP contribution in [0.1, 0.15) is 52.5 Å². The molecule has 1 aromatic rings. The van der Waals surface area contributed by atoms with Gasteiger partial charge in [0.1, 0.15) is 5.75 Å². The molecule has 0 bridgehead atoms. The highest BCUT2D eigenvalue weighted by Crippen LogP contribution is 2.21. The molecule has 1 amide bonds. The average molecular weight is 291 g/mol. The minimum atomic E-state index is 0.0237. The van der Waals surface area contributed by atoms with Crippen molar-refractivity contribution in [2.45, 2.75) is 53.5 Å². The summed E-state index contributed by atoms with van der Waals surface area (Å²) in [5.74, 6) is 1.07. The van der Waals surface area contributed by atoms with Crippen LogP contribution in [0, 0.1) is 5.41 Å². The summed E-state index contributed by atoms with van der Waals surface area (Å²) in [4.78, 5) is 14.5. The number of carbonyl (C=O) groups is 1. The van der Waals surface area contributed by atoms with Crippen LogP contribution in [-0.4, -0.2) is 24.5 Å². The first-order valence-electron chi connectivity index (χ1n) is 7.76. The summed E-state index contributed by atoms with van der Waals surface area (Å²) >= 11 is 0. The summed E-state index contributed by atoms with van der Waals surface area (Å²) in [5.41, 5.74) is 1.14. The molecule has 0 atom stereocenters. The molecule has 0 saturated heterocycles. The van der Waals surface area contributed by atoms with Crippen molar-refractivity contribution >= 4 is 5.91 Å². The van der Waals surface area contributed by atoms with E-state index >= 15 is 0 Å². The number of hydrogen-bond donors (Lipinski definition) is 0. The second-order valence-corrected chi connectivity index (χ2v) is 6.76. The number of methoxy groups -OCH3 is 1. The average Bonchev–Trinajstić information content (AvgIpc) is 2.41. The van der Waals surface area contributed by atoms with Crippen LogP contribution in [-0.2, 0) is 11.3 Å². The molecule has 3 nitrogen and oxygen atoms in total. The summed E-state index contributed by atoms with van der Waals surface area (Å²) in [6, 6.07) is 7.95. The van der Waals surface area contributed by atoms with Crippen molar-refractivity contribution in [1.29, 1.82) is 0 Å². The number of amides is 1. The normalized spacial score (nSPS) is 11.3. The van der Waals surface area contributed by atoms with E-state index in [4.69, 9.17) is 4.74 Å². The Labute approximate surface area is 129 Å². The Morgan fingerprint density at radius 3 is 2.57 bits per heavy atom. The fraction of sp³-hybridized carbons (Fsp3) is 0.611. The molecule has 0 aromatic heterocycles. The highest BCUT2D eigenvalue weighted by atomic mass is 16.5. The molecule has 0 unspecified atom stereocenters. The molecular weight excluding hydrogens is 262 g/mol. The van der Waals surface area contributed by atoms with Crippen molar-refractivity contribution in [1.82, 2.24) is 4.90 Å². The molecule has 0 fully saturated rings. The van der Waals surface area contributed by atoms with E-state index < -0.39 is 0 Å². The Bertz CT molecular complexity index is 449. The van der Waals surface area contributed by atoms with Gasteiger partial charge in [-0.15, -0.1) is 0 Å². The van der Waals surface area contributed by atoms with Crippen molar-refractivity contribution < 1.29 is 9.53 Å². The Morgan fingerprint density at radius 1 is 1.29 bits per heavy atom. The van der Waals surface area contributed by atoms with Gasteiger partial charge in [0, 0.05) is 19.5 Å². The van der Waals surface area contributed by atoms with E-state index in [1.165, 1.54) is 0 Å². The van der Waals surface area contributed by atoms with E-state index in [0.717, 1.165) is 30.7 Å². The number of hydrogen-bond acceptors (Lipinski definition) is 2. The van der Waals surface area contributed by atoms with Crippen LogP contribution in [0.2, 0.25) is 0 Å². The number of nitrogens with zero attached hydrogens (tertiary/aromatic N) is 1. The summed E-state index contributed by atoms with van der Waals surface area (Å²) < 4.78 is 5.26. The largest absolute Gasteiger partial charge is 0.497 e. The van der Waals surface area contributed by atoms with Crippen molar-refractivity contribution in [3.8, 4) is 5.75 Å². The number of ether oxygens (including phenoxy) is 1. The molecule has 0 heterocycles. The minimum absolute atomic E-state index is 0.0237. The van der Waals surface area contributed by atoms with Gasteiger partial charge >= 0.3 is 0 Å². The van der Waals surface area contributed by atoms with Crippen LogP contribution in [0.3, 0.4) is 0 Å². The third-order valence-corrected chi connectivity index (χ3v) is 3.32. The lowest BCUT2D eigenvalue weighted by Gasteiger charge is -2.27. The molecule has 0 radical (unpaired) electrons. The van der Waals surface area contributed by atoms with E-state index in [1.807, 2.05) is 29.2 Å². The second kappa shape index (κ2) is 8.06. The fourth-order valence-corrected chi connectivity index (χ4v) is 2.20. The maximum atomic E-state index is 12.5. The minimum Gasteiger partial charge on any atom is -0.497 e. The van der Waals surface area contributed by atoms with Gasteiger partial charge in [0.2, 0.25) is 5.91 Å². The van der Waals surface area contributed by atoms with Crippen LogP contribution in [0.4, 0.5) is 0 Å². The smallest absolute Gasteiger partial charge is 0.223 e. The number of rotatable bonds is 7. The molecule has 0 aliphatic carbocycles. The zero-order valence-corrected chi connectivity index (χ0v) is 14.1. The number of carbonyl (C=O) groups excluding carboxylic acids is 1. The summed E-state index contributed by atoms with van der Waals surface area (Å²) in [5, 5.41) is 0. The molecule has 118 valence electrons. The van der Waals surface area contributed by atoms with Gasteiger partial charge in [-0.1, -0.05) is 46.2 Å².